The molecule has 0 bridgehead atoms. The highest BCUT2D eigenvalue weighted by molar-refractivity contribution is 6.32. The van der Waals surface area contributed by atoms with E-state index < -0.39 is 85.2 Å². The summed E-state index contributed by atoms with van der Waals surface area (Å²) < 4.78 is 197. The first kappa shape index (κ1) is 60.2. The van der Waals surface area contributed by atoms with Crippen molar-refractivity contribution in [3.05, 3.63) is 155 Å². The number of ether oxygens (including phenoxy) is 6. The first-order valence-electron chi connectivity index (χ1n) is 24.0. The van der Waals surface area contributed by atoms with Crippen molar-refractivity contribution < 1.29 is 101 Å². The molecule has 0 aliphatic rings. The van der Waals surface area contributed by atoms with E-state index in [0.29, 0.717) is 17.1 Å². The fourth-order valence-corrected chi connectivity index (χ4v) is 8.99. The number of rotatable bonds is 18. The van der Waals surface area contributed by atoms with E-state index in [1.807, 2.05) is 0 Å². The molecule has 0 fully saturated rings. The zero-order valence-electron chi connectivity index (χ0n) is 42.6. The van der Waals surface area contributed by atoms with Gasteiger partial charge in [0.25, 0.3) is 0 Å². The van der Waals surface area contributed by atoms with Crippen molar-refractivity contribution in [1.82, 2.24) is 9.13 Å². The molecule has 81 heavy (non-hydrogen) atoms. The molecule has 0 aliphatic heterocycles. The predicted octanol–water partition coefficient (Wildman–Crippen LogP) is 15.7. The Morgan fingerprint density at radius 1 is 0.506 bits per heavy atom. The van der Waals surface area contributed by atoms with E-state index in [9.17, 15) is 72.5 Å². The molecule has 0 saturated carbocycles. The summed E-state index contributed by atoms with van der Waals surface area (Å²) in [6, 6.07) is 27.4. The molecular weight excluding hydrogens is 1120 g/mol. The van der Waals surface area contributed by atoms with Gasteiger partial charge in [-0.3, -0.25) is 0 Å². The summed E-state index contributed by atoms with van der Waals surface area (Å²) in [5, 5.41) is 18.7. The summed E-state index contributed by atoms with van der Waals surface area (Å²) in [4.78, 5) is 22.8. The molecule has 8 aromatic rings. The van der Waals surface area contributed by atoms with Gasteiger partial charge in [-0.1, -0.05) is 67.9 Å². The number of aliphatic carboxylic acids is 2. The second-order valence-corrected chi connectivity index (χ2v) is 18.1. The maximum Gasteiger partial charge on any atom is 0.573 e. The molecule has 6 aromatic carbocycles. The lowest BCUT2D eigenvalue weighted by Gasteiger charge is -2.18. The third kappa shape index (κ3) is 14.5. The van der Waals surface area contributed by atoms with Gasteiger partial charge in [0.05, 0.1) is 30.3 Å². The minimum atomic E-state index is -5.07. The average molecular weight is 1170 g/mol. The summed E-state index contributed by atoms with van der Waals surface area (Å²) >= 11 is 6.16. The summed E-state index contributed by atoms with van der Waals surface area (Å²) in [5.74, 6) is -2.99. The number of carboxylic acid groups (broad SMARTS) is 2. The number of fused-ring (bicyclic) bond motifs is 2. The van der Waals surface area contributed by atoms with Gasteiger partial charge < -0.3 is 47.8 Å². The Morgan fingerprint density at radius 3 is 1.30 bits per heavy atom. The van der Waals surface area contributed by atoms with Crippen LogP contribution >= 0.6 is 11.6 Å². The standard InChI is InChI=1S/C28H22ClF6NO5.C28H23F6NO5/c1-3-22(26(37)38)40-23-12-15(4-11-20(23)29)14-36-21-13-18(41-28(33,34)35)9-10-19(21)24(25(36)27(30,31)32)16-5-7-17(39-2)8-6-16;1-3-23(26(36)37)39-19-6-4-5-16(13-19)15-35-22-14-20(40-28(32,33)34)11-12-21(22)24(25(35)27(29,30)31)17-7-9-18(38-2)10-8-17/h4-13,22H,3,14H2,1-2H3,(H,37,38);4-14,23H,3,15H2,1-2H3,(H,36,37). The Morgan fingerprint density at radius 2 is 0.914 bits per heavy atom. The number of hydrogen-bond donors (Lipinski definition) is 2. The molecule has 8 rings (SSSR count). The quantitative estimate of drug-likeness (QED) is 0.0798. The average Bonchev–Trinajstić information content (AvgIpc) is 4.12. The normalized spacial score (nSPS) is 12.8. The van der Waals surface area contributed by atoms with Crippen LogP contribution in [0.25, 0.3) is 44.1 Å². The molecule has 2 heterocycles. The van der Waals surface area contributed by atoms with E-state index in [-0.39, 0.29) is 79.0 Å². The maximum atomic E-state index is 14.7. The highest BCUT2D eigenvalue weighted by Gasteiger charge is 2.42. The van der Waals surface area contributed by atoms with Crippen molar-refractivity contribution in [2.24, 2.45) is 0 Å². The van der Waals surface area contributed by atoms with E-state index in [1.165, 1.54) is 105 Å². The Balaban J connectivity index is 0.000000234. The zero-order chi connectivity index (χ0) is 59.4. The van der Waals surface area contributed by atoms with Gasteiger partial charge in [-0.15, -0.1) is 26.3 Å². The van der Waals surface area contributed by atoms with Crippen LogP contribution in [0.5, 0.6) is 34.5 Å². The number of hydrogen-bond acceptors (Lipinski definition) is 8. The van der Waals surface area contributed by atoms with Crippen LogP contribution in [-0.4, -0.2) is 70.4 Å². The number of halogens is 13. The van der Waals surface area contributed by atoms with Gasteiger partial charge in [0.2, 0.25) is 0 Å². The van der Waals surface area contributed by atoms with Gasteiger partial charge in [0, 0.05) is 47.1 Å². The van der Waals surface area contributed by atoms with Crippen molar-refractivity contribution in [2.75, 3.05) is 14.2 Å². The molecule has 0 saturated heterocycles. The predicted molar refractivity (Wildman–Crippen MR) is 272 cm³/mol. The SMILES string of the molecule is CCC(Oc1cc(Cn2c(C(F)(F)F)c(-c3ccc(OC)cc3)c3ccc(OC(F)(F)F)cc32)ccc1Cl)C(=O)O.CCC(Oc1cccc(Cn2c(C(F)(F)F)c(-c3ccc(OC)cc3)c3ccc(OC(F)(F)F)cc32)c1)C(=O)O. The second kappa shape index (κ2) is 24.1. The largest absolute Gasteiger partial charge is 0.573 e. The number of carbonyl (C=O) groups is 2. The van der Waals surface area contributed by atoms with Crippen LogP contribution in [0.4, 0.5) is 52.7 Å². The monoisotopic (exact) mass is 1170 g/mol. The lowest BCUT2D eigenvalue weighted by atomic mass is 10.0. The van der Waals surface area contributed by atoms with E-state index in [1.54, 1.807) is 13.8 Å². The topological polar surface area (TPSA) is 140 Å². The molecule has 0 radical (unpaired) electrons. The maximum absolute atomic E-state index is 14.7. The number of alkyl halides is 12. The van der Waals surface area contributed by atoms with Gasteiger partial charge in [0.15, 0.2) is 12.2 Å². The van der Waals surface area contributed by atoms with Gasteiger partial charge in [0.1, 0.15) is 45.9 Å². The smallest absolute Gasteiger partial charge is 0.497 e. The molecule has 0 amide bonds. The Hall–Kier alpha value is -8.41. The number of methoxy groups -OCH3 is 2. The summed E-state index contributed by atoms with van der Waals surface area (Å²) in [5.41, 5.74) is -2.17. The zero-order valence-corrected chi connectivity index (χ0v) is 43.3. The first-order chi connectivity index (χ1) is 38.0. The van der Waals surface area contributed by atoms with Crippen molar-refractivity contribution >= 4 is 45.3 Å². The van der Waals surface area contributed by atoms with Gasteiger partial charge >= 0.3 is 37.0 Å². The van der Waals surface area contributed by atoms with E-state index >= 15 is 0 Å². The third-order valence-corrected chi connectivity index (χ3v) is 12.6. The Labute approximate surface area is 457 Å². The highest BCUT2D eigenvalue weighted by Crippen LogP contribution is 2.48. The van der Waals surface area contributed by atoms with Crippen LogP contribution < -0.4 is 28.4 Å². The highest BCUT2D eigenvalue weighted by atomic mass is 35.5. The lowest BCUT2D eigenvalue weighted by molar-refractivity contribution is -0.275. The van der Waals surface area contributed by atoms with Crippen LogP contribution in [0.3, 0.4) is 0 Å². The Bertz CT molecular complexity index is 3540. The minimum Gasteiger partial charge on any atom is -0.497 e. The van der Waals surface area contributed by atoms with Crippen LogP contribution in [0.15, 0.2) is 127 Å². The fourth-order valence-electron chi connectivity index (χ4n) is 8.82. The number of nitrogens with zero attached hydrogens (tertiary/aromatic N) is 2. The van der Waals surface area contributed by atoms with Gasteiger partial charge in [-0.05, 0) is 108 Å². The van der Waals surface area contributed by atoms with Crippen molar-refractivity contribution in [3.63, 3.8) is 0 Å². The van der Waals surface area contributed by atoms with Gasteiger partial charge in [-0.2, -0.15) is 26.3 Å². The minimum absolute atomic E-state index is 0.0272. The molecule has 430 valence electrons. The number of benzene rings is 6. The molecule has 2 unspecified atom stereocenters. The number of carboxylic acids is 2. The summed E-state index contributed by atoms with van der Waals surface area (Å²) in [6.45, 7) is 2.28. The Kier molecular flexibility index (Phi) is 17.9. The first-order valence-corrected chi connectivity index (χ1v) is 24.3. The van der Waals surface area contributed by atoms with Crippen LogP contribution in [0.2, 0.25) is 5.02 Å². The lowest BCUT2D eigenvalue weighted by Crippen LogP contribution is -2.26. The van der Waals surface area contributed by atoms with Gasteiger partial charge in [-0.25, -0.2) is 9.59 Å². The number of aromatic nitrogens is 2. The van der Waals surface area contributed by atoms with Crippen molar-refractivity contribution in [2.45, 2.75) is 77.1 Å². The molecule has 0 aliphatic carbocycles. The summed E-state index contributed by atoms with van der Waals surface area (Å²) in [6.07, 6.45) is -22.2. The molecular formula is C56H45ClF12N2O10. The van der Waals surface area contributed by atoms with E-state index in [2.05, 4.69) is 9.47 Å². The molecule has 25 heteroatoms. The van der Waals surface area contributed by atoms with E-state index in [0.717, 1.165) is 45.5 Å². The van der Waals surface area contributed by atoms with Crippen LogP contribution in [0.1, 0.15) is 49.2 Å². The van der Waals surface area contributed by atoms with Crippen molar-refractivity contribution in [3.8, 4) is 56.8 Å². The molecule has 2 N–H and O–H groups in total. The molecule has 2 atom stereocenters. The van der Waals surface area contributed by atoms with Crippen molar-refractivity contribution in [1.29, 1.82) is 0 Å². The molecule has 12 nitrogen and oxygen atoms in total. The summed E-state index contributed by atoms with van der Waals surface area (Å²) in [7, 11) is 2.80. The van der Waals surface area contributed by atoms with Crippen LogP contribution in [0, 0.1) is 0 Å². The van der Waals surface area contributed by atoms with Crippen LogP contribution in [-0.2, 0) is 35.0 Å². The second-order valence-electron chi connectivity index (χ2n) is 17.6. The molecule has 2 aromatic heterocycles. The van der Waals surface area contributed by atoms with E-state index in [4.69, 9.17) is 30.5 Å². The third-order valence-electron chi connectivity index (χ3n) is 12.2. The molecule has 0 spiro atoms. The fraction of sp³-hybridized carbons (Fsp3) is 0.250.